The summed E-state index contributed by atoms with van der Waals surface area (Å²) in [6.45, 7) is 1.89. The van der Waals surface area contributed by atoms with E-state index in [-0.39, 0.29) is 29.7 Å². The lowest BCUT2D eigenvalue weighted by atomic mass is 9.91. The van der Waals surface area contributed by atoms with E-state index in [1.165, 1.54) is 19.2 Å². The summed E-state index contributed by atoms with van der Waals surface area (Å²) in [5.41, 5.74) is 0.444. The van der Waals surface area contributed by atoms with Crippen molar-refractivity contribution < 1.29 is 42.1 Å². The van der Waals surface area contributed by atoms with Crippen molar-refractivity contribution >= 4 is 11.8 Å². The predicted molar refractivity (Wildman–Crippen MR) is 124 cm³/mol. The van der Waals surface area contributed by atoms with E-state index in [0.29, 0.717) is 56.2 Å². The highest BCUT2D eigenvalue weighted by Gasteiger charge is 2.53. The zero-order valence-corrected chi connectivity index (χ0v) is 20.1. The van der Waals surface area contributed by atoms with Crippen molar-refractivity contribution in [1.82, 2.24) is 10.2 Å². The Bertz CT molecular complexity index is 1240. The number of halogens is 2. The molecule has 1 saturated carbocycles. The minimum atomic E-state index is -3.73. The molecule has 37 heavy (non-hydrogen) atoms. The second kappa shape index (κ2) is 8.76. The molecular weight excluding hydrogens is 490 g/mol. The van der Waals surface area contributed by atoms with Gasteiger partial charge in [0.05, 0.1) is 31.8 Å². The van der Waals surface area contributed by atoms with Crippen LogP contribution in [-0.4, -0.2) is 62.5 Å². The van der Waals surface area contributed by atoms with E-state index in [2.05, 4.69) is 14.8 Å². The number of hydrogen-bond acceptors (Lipinski definition) is 7. The smallest absolute Gasteiger partial charge is 0.497 e. The molecule has 11 heteroatoms. The van der Waals surface area contributed by atoms with Gasteiger partial charge in [-0.25, -0.2) is 0 Å². The van der Waals surface area contributed by atoms with E-state index in [1.54, 1.807) is 23.1 Å². The van der Waals surface area contributed by atoms with Crippen LogP contribution in [0.3, 0.4) is 0 Å². The Morgan fingerprint density at radius 1 is 1.03 bits per heavy atom. The van der Waals surface area contributed by atoms with Crippen molar-refractivity contribution in [3.05, 3.63) is 47.5 Å². The second-order valence-corrected chi connectivity index (χ2v) is 9.62. The quantitative estimate of drug-likeness (QED) is 0.653. The molecule has 3 heterocycles. The summed E-state index contributed by atoms with van der Waals surface area (Å²) in [5.74, 6) is 0.470. The number of ether oxygens (including phenoxy) is 5. The lowest BCUT2D eigenvalue weighted by molar-refractivity contribution is -0.286. The minimum absolute atomic E-state index is 0.0678. The summed E-state index contributed by atoms with van der Waals surface area (Å²) in [4.78, 5) is 28.6. The minimum Gasteiger partial charge on any atom is -0.497 e. The molecule has 3 aliphatic heterocycles. The van der Waals surface area contributed by atoms with Gasteiger partial charge in [0.1, 0.15) is 11.5 Å². The molecule has 6 rings (SSSR count). The molecule has 196 valence electrons. The van der Waals surface area contributed by atoms with Gasteiger partial charge in [-0.15, -0.1) is 8.78 Å². The zero-order valence-electron chi connectivity index (χ0n) is 20.1. The molecule has 1 aliphatic carbocycles. The fraction of sp³-hybridized carbons (Fsp3) is 0.462. The Kier molecular flexibility index (Phi) is 5.63. The van der Waals surface area contributed by atoms with Gasteiger partial charge in [0.25, 0.3) is 5.91 Å². The molecule has 2 amide bonds. The molecule has 2 fully saturated rings. The van der Waals surface area contributed by atoms with Gasteiger partial charge < -0.3 is 33.9 Å². The van der Waals surface area contributed by atoms with Gasteiger partial charge in [-0.1, -0.05) is 6.07 Å². The maximum atomic E-state index is 13.6. The van der Waals surface area contributed by atoms with Gasteiger partial charge in [-0.05, 0) is 42.7 Å². The highest BCUT2D eigenvalue weighted by Crippen LogP contribution is 2.52. The summed E-state index contributed by atoms with van der Waals surface area (Å²) in [7, 11) is 1.54. The maximum absolute atomic E-state index is 13.6. The molecule has 1 saturated heterocycles. The van der Waals surface area contributed by atoms with E-state index in [4.69, 9.17) is 14.2 Å². The lowest BCUT2D eigenvalue weighted by Crippen LogP contribution is -2.50. The third-order valence-corrected chi connectivity index (χ3v) is 7.36. The van der Waals surface area contributed by atoms with Crippen LogP contribution < -0.4 is 24.3 Å². The first-order valence-electron chi connectivity index (χ1n) is 12.2. The number of amides is 2. The standard InChI is InChI=1S/C26H26F2N2O7/c1-33-16-3-4-17-18(14-22(35-20(17)13-16)23(31)30-8-10-34-11-9-30)29-24(32)25(6-7-25)15-2-5-19-21(12-15)37-26(27,28)36-19/h2-5,12-13,18,22H,6-11,14H2,1H3,(H,29,32)/t18-,22+/m0/s1. The molecule has 0 radical (unpaired) electrons. The van der Waals surface area contributed by atoms with Crippen molar-refractivity contribution in [3.8, 4) is 23.0 Å². The normalized spacial score (nSPS) is 24.5. The number of benzene rings is 2. The van der Waals surface area contributed by atoms with Crippen molar-refractivity contribution in [2.45, 2.75) is 43.1 Å². The van der Waals surface area contributed by atoms with Gasteiger partial charge in [0.15, 0.2) is 17.6 Å². The van der Waals surface area contributed by atoms with Crippen molar-refractivity contribution in [1.29, 1.82) is 0 Å². The Morgan fingerprint density at radius 3 is 2.51 bits per heavy atom. The lowest BCUT2D eigenvalue weighted by Gasteiger charge is -2.36. The van der Waals surface area contributed by atoms with Crippen LogP contribution in [0.5, 0.6) is 23.0 Å². The third-order valence-electron chi connectivity index (χ3n) is 7.36. The Hall–Kier alpha value is -3.60. The molecule has 0 spiro atoms. The van der Waals surface area contributed by atoms with Crippen LogP contribution >= 0.6 is 0 Å². The first kappa shape index (κ1) is 23.8. The number of morpholine rings is 1. The number of carbonyl (C=O) groups is 2. The highest BCUT2D eigenvalue weighted by atomic mass is 19.3. The van der Waals surface area contributed by atoms with Crippen LogP contribution in [0.2, 0.25) is 0 Å². The molecule has 0 aromatic heterocycles. The van der Waals surface area contributed by atoms with E-state index >= 15 is 0 Å². The fourth-order valence-electron chi connectivity index (χ4n) is 5.16. The maximum Gasteiger partial charge on any atom is 0.586 e. The predicted octanol–water partition coefficient (Wildman–Crippen LogP) is 2.92. The van der Waals surface area contributed by atoms with Crippen LogP contribution in [0, 0.1) is 0 Å². The molecular formula is C26H26F2N2O7. The molecule has 2 aromatic carbocycles. The third kappa shape index (κ3) is 4.30. The number of alkyl halides is 2. The van der Waals surface area contributed by atoms with Gasteiger partial charge >= 0.3 is 6.29 Å². The Balaban J connectivity index is 1.25. The Morgan fingerprint density at radius 2 is 1.78 bits per heavy atom. The average molecular weight is 516 g/mol. The molecule has 0 unspecified atom stereocenters. The van der Waals surface area contributed by atoms with Crippen LogP contribution in [0.4, 0.5) is 8.78 Å². The number of nitrogens with one attached hydrogen (secondary N) is 1. The van der Waals surface area contributed by atoms with Gasteiger partial charge in [0.2, 0.25) is 5.91 Å². The fourth-order valence-corrected chi connectivity index (χ4v) is 5.16. The molecule has 1 N–H and O–H groups in total. The molecule has 4 aliphatic rings. The Labute approximate surface area is 211 Å². The number of carbonyl (C=O) groups excluding carboxylic acids is 2. The van der Waals surface area contributed by atoms with Crippen molar-refractivity contribution in [3.63, 3.8) is 0 Å². The SMILES string of the molecule is COc1ccc2c(c1)O[C@@H](C(=O)N1CCOCC1)C[C@@H]2NC(=O)C1(c2ccc3c(c2)OC(F)(F)O3)CC1. The second-order valence-electron chi connectivity index (χ2n) is 9.62. The highest BCUT2D eigenvalue weighted by molar-refractivity contribution is 5.92. The summed E-state index contributed by atoms with van der Waals surface area (Å²) >= 11 is 0. The van der Waals surface area contributed by atoms with Crippen LogP contribution in [0.15, 0.2) is 36.4 Å². The first-order chi connectivity index (χ1) is 17.8. The topological polar surface area (TPSA) is 95.6 Å². The average Bonchev–Trinajstić information content (AvgIpc) is 3.65. The van der Waals surface area contributed by atoms with Crippen LogP contribution in [0.1, 0.15) is 36.4 Å². The number of methoxy groups -OCH3 is 1. The van der Waals surface area contributed by atoms with Gasteiger partial charge in [-0.2, -0.15) is 0 Å². The van der Waals surface area contributed by atoms with Crippen molar-refractivity contribution in [2.24, 2.45) is 0 Å². The molecule has 9 nitrogen and oxygen atoms in total. The number of rotatable bonds is 5. The van der Waals surface area contributed by atoms with Gasteiger partial charge in [-0.3, -0.25) is 9.59 Å². The number of fused-ring (bicyclic) bond motifs is 2. The summed E-state index contributed by atoms with van der Waals surface area (Å²) in [5, 5.41) is 3.11. The molecule has 0 bridgehead atoms. The van der Waals surface area contributed by atoms with Crippen LogP contribution in [0.25, 0.3) is 0 Å². The van der Waals surface area contributed by atoms with E-state index < -0.39 is 23.9 Å². The summed E-state index contributed by atoms with van der Waals surface area (Å²) in [6.07, 6.45) is -3.14. The van der Waals surface area contributed by atoms with Gasteiger partial charge in [0, 0.05) is 31.1 Å². The monoisotopic (exact) mass is 516 g/mol. The first-order valence-corrected chi connectivity index (χ1v) is 12.2. The van der Waals surface area contributed by atoms with Crippen LogP contribution in [-0.2, 0) is 19.7 Å². The van der Waals surface area contributed by atoms with E-state index in [9.17, 15) is 18.4 Å². The summed E-state index contributed by atoms with van der Waals surface area (Å²) in [6, 6.07) is 9.25. The molecule has 2 aromatic rings. The van der Waals surface area contributed by atoms with Crippen molar-refractivity contribution in [2.75, 3.05) is 33.4 Å². The van der Waals surface area contributed by atoms with E-state index in [0.717, 1.165) is 5.56 Å². The number of nitrogens with zero attached hydrogens (tertiary/aromatic N) is 1. The number of hydrogen-bond donors (Lipinski definition) is 1. The summed E-state index contributed by atoms with van der Waals surface area (Å²) < 4.78 is 52.8. The molecule has 2 atom stereocenters. The van der Waals surface area contributed by atoms with E-state index in [1.807, 2.05) is 6.07 Å². The largest absolute Gasteiger partial charge is 0.586 e. The zero-order chi connectivity index (χ0) is 25.8.